The molecule has 3 rings (SSSR count). The Balaban J connectivity index is 1.77. The van der Waals surface area contributed by atoms with E-state index in [-0.39, 0.29) is 17.8 Å². The lowest BCUT2D eigenvalue weighted by atomic mass is 9.98. The van der Waals surface area contributed by atoms with Gasteiger partial charge in [0.25, 0.3) is 5.91 Å². The second kappa shape index (κ2) is 5.37. The molecule has 0 bridgehead atoms. The fourth-order valence-corrected chi connectivity index (χ4v) is 3.96. The first-order chi connectivity index (χ1) is 9.60. The van der Waals surface area contributed by atoms with Gasteiger partial charge in [-0.2, -0.15) is 0 Å². The third-order valence-electron chi connectivity index (χ3n) is 4.60. The maximum absolute atomic E-state index is 13.5. The quantitative estimate of drug-likeness (QED) is 0.852. The average molecular weight is 294 g/mol. The molecule has 108 valence electrons. The first kappa shape index (κ1) is 13.9. The summed E-state index contributed by atoms with van der Waals surface area (Å²) >= 11 is 1.32. The van der Waals surface area contributed by atoms with Crippen molar-refractivity contribution in [3.05, 3.63) is 29.6 Å². The van der Waals surface area contributed by atoms with Crippen LogP contribution in [0.2, 0.25) is 0 Å². The van der Waals surface area contributed by atoms with E-state index in [9.17, 15) is 9.18 Å². The molecular formula is C15H19FN2OS. The van der Waals surface area contributed by atoms with Gasteiger partial charge in [-0.15, -0.1) is 11.8 Å². The molecule has 0 aromatic heterocycles. The summed E-state index contributed by atoms with van der Waals surface area (Å²) in [5.74, 6) is 0.727. The van der Waals surface area contributed by atoms with E-state index in [1.54, 1.807) is 12.1 Å². The van der Waals surface area contributed by atoms with Gasteiger partial charge in [-0.1, -0.05) is 0 Å². The molecule has 1 amide bonds. The van der Waals surface area contributed by atoms with E-state index < -0.39 is 0 Å². The van der Waals surface area contributed by atoms with Crippen LogP contribution in [-0.4, -0.2) is 36.2 Å². The average Bonchev–Trinajstić information content (AvgIpc) is 3.01. The Bertz CT molecular complexity index is 537. The summed E-state index contributed by atoms with van der Waals surface area (Å²) in [7, 11) is 0. The van der Waals surface area contributed by atoms with Crippen LogP contribution in [0.5, 0.6) is 0 Å². The van der Waals surface area contributed by atoms with Crippen molar-refractivity contribution in [3.8, 4) is 0 Å². The van der Waals surface area contributed by atoms with E-state index in [1.165, 1.54) is 17.8 Å². The Labute approximate surface area is 122 Å². The van der Waals surface area contributed by atoms with Crippen LogP contribution in [0.25, 0.3) is 0 Å². The van der Waals surface area contributed by atoms with Crippen LogP contribution in [0.1, 0.15) is 23.2 Å². The number of likely N-dealkylation sites (tertiary alicyclic amines) is 1. The molecule has 1 aromatic rings. The second-order valence-electron chi connectivity index (χ2n) is 5.72. The van der Waals surface area contributed by atoms with Crippen molar-refractivity contribution in [2.45, 2.75) is 23.8 Å². The van der Waals surface area contributed by atoms with Gasteiger partial charge in [-0.25, -0.2) is 4.39 Å². The minimum atomic E-state index is -0.269. The number of benzene rings is 1. The number of rotatable bonds is 2. The zero-order valence-electron chi connectivity index (χ0n) is 11.5. The standard InChI is InChI=1S/C15H19FN2OS/c1-20-14-6-9(2-4-12(14)16)15(19)18-7-10-3-5-13(17)11(10)8-18/h2,4,6,10-11,13H,3,5,7-8,17H2,1H3. The number of hydrogen-bond acceptors (Lipinski definition) is 3. The molecule has 1 aliphatic carbocycles. The van der Waals surface area contributed by atoms with Crippen molar-refractivity contribution < 1.29 is 9.18 Å². The minimum absolute atomic E-state index is 0.00176. The van der Waals surface area contributed by atoms with Crippen LogP contribution in [0, 0.1) is 17.7 Å². The van der Waals surface area contributed by atoms with Crippen molar-refractivity contribution in [2.75, 3.05) is 19.3 Å². The summed E-state index contributed by atoms with van der Waals surface area (Å²) in [6.45, 7) is 1.54. The van der Waals surface area contributed by atoms with Gasteiger partial charge in [0, 0.05) is 29.6 Å². The van der Waals surface area contributed by atoms with E-state index in [4.69, 9.17) is 5.73 Å². The monoisotopic (exact) mass is 294 g/mol. The molecule has 1 aliphatic heterocycles. The summed E-state index contributed by atoms with van der Waals surface area (Å²) in [6, 6.07) is 4.83. The fourth-order valence-electron chi connectivity index (χ4n) is 3.45. The number of hydrogen-bond donors (Lipinski definition) is 1. The van der Waals surface area contributed by atoms with E-state index >= 15 is 0 Å². The van der Waals surface area contributed by atoms with Crippen LogP contribution < -0.4 is 5.73 Å². The van der Waals surface area contributed by atoms with Gasteiger partial charge >= 0.3 is 0 Å². The molecular weight excluding hydrogens is 275 g/mol. The number of nitrogens with two attached hydrogens (primary N) is 1. The number of thioether (sulfide) groups is 1. The summed E-state index contributed by atoms with van der Waals surface area (Å²) in [5, 5.41) is 0. The third kappa shape index (κ3) is 2.33. The predicted molar refractivity (Wildman–Crippen MR) is 78.3 cm³/mol. The summed E-state index contributed by atoms with van der Waals surface area (Å²) < 4.78 is 13.5. The normalized spacial score (nSPS) is 28.8. The molecule has 20 heavy (non-hydrogen) atoms. The molecule has 3 unspecified atom stereocenters. The molecule has 1 heterocycles. The second-order valence-corrected chi connectivity index (χ2v) is 6.57. The Morgan fingerprint density at radius 2 is 2.20 bits per heavy atom. The van der Waals surface area contributed by atoms with Gasteiger partial charge in [0.15, 0.2) is 0 Å². The molecule has 3 nitrogen and oxygen atoms in total. The third-order valence-corrected chi connectivity index (χ3v) is 5.35. The summed E-state index contributed by atoms with van der Waals surface area (Å²) in [6.07, 6.45) is 4.01. The van der Waals surface area contributed by atoms with Crippen molar-refractivity contribution >= 4 is 17.7 Å². The van der Waals surface area contributed by atoms with Crippen molar-refractivity contribution in [3.63, 3.8) is 0 Å². The lowest BCUT2D eigenvalue weighted by Gasteiger charge is -2.19. The molecule has 2 aliphatic rings. The van der Waals surface area contributed by atoms with E-state index in [0.29, 0.717) is 22.3 Å². The molecule has 2 N–H and O–H groups in total. The number of amides is 1. The number of carbonyl (C=O) groups is 1. The highest BCUT2D eigenvalue weighted by atomic mass is 32.2. The number of carbonyl (C=O) groups excluding carboxylic acids is 1. The molecule has 1 saturated heterocycles. The number of halogens is 1. The van der Waals surface area contributed by atoms with Gasteiger partial charge in [0.2, 0.25) is 0 Å². The fraction of sp³-hybridized carbons (Fsp3) is 0.533. The smallest absolute Gasteiger partial charge is 0.253 e. The highest BCUT2D eigenvalue weighted by Crippen LogP contribution is 2.37. The van der Waals surface area contributed by atoms with Crippen molar-refractivity contribution in [1.82, 2.24) is 4.90 Å². The number of nitrogens with zero attached hydrogens (tertiary/aromatic N) is 1. The molecule has 3 atom stereocenters. The van der Waals surface area contributed by atoms with Gasteiger partial charge in [0.05, 0.1) is 0 Å². The van der Waals surface area contributed by atoms with Gasteiger partial charge in [-0.05, 0) is 49.1 Å². The first-order valence-corrected chi connectivity index (χ1v) is 8.21. The number of fused-ring (bicyclic) bond motifs is 1. The van der Waals surface area contributed by atoms with Crippen LogP contribution in [0.15, 0.2) is 23.1 Å². The van der Waals surface area contributed by atoms with Crippen LogP contribution in [0.3, 0.4) is 0 Å². The van der Waals surface area contributed by atoms with Gasteiger partial charge in [0.1, 0.15) is 5.82 Å². The van der Waals surface area contributed by atoms with Crippen molar-refractivity contribution in [2.24, 2.45) is 17.6 Å². The summed E-state index contributed by atoms with van der Waals surface area (Å²) in [4.78, 5) is 14.9. The van der Waals surface area contributed by atoms with E-state index in [1.807, 2.05) is 11.2 Å². The Hall–Kier alpha value is -1.07. The summed E-state index contributed by atoms with van der Waals surface area (Å²) in [5.41, 5.74) is 6.67. The molecule has 0 radical (unpaired) electrons. The maximum Gasteiger partial charge on any atom is 0.253 e. The minimum Gasteiger partial charge on any atom is -0.338 e. The van der Waals surface area contributed by atoms with E-state index in [2.05, 4.69) is 0 Å². The highest BCUT2D eigenvalue weighted by Gasteiger charge is 2.42. The van der Waals surface area contributed by atoms with Crippen LogP contribution >= 0.6 is 11.8 Å². The Kier molecular flexibility index (Phi) is 3.73. The van der Waals surface area contributed by atoms with E-state index in [0.717, 1.165) is 25.9 Å². The highest BCUT2D eigenvalue weighted by molar-refractivity contribution is 7.98. The van der Waals surface area contributed by atoms with Crippen molar-refractivity contribution in [1.29, 1.82) is 0 Å². The SMILES string of the molecule is CSc1cc(C(=O)N2CC3CCC(N)C3C2)ccc1F. The molecule has 5 heteroatoms. The Morgan fingerprint density at radius 3 is 2.90 bits per heavy atom. The lowest BCUT2D eigenvalue weighted by molar-refractivity contribution is 0.0779. The van der Waals surface area contributed by atoms with Crippen LogP contribution in [-0.2, 0) is 0 Å². The van der Waals surface area contributed by atoms with Gasteiger partial charge < -0.3 is 10.6 Å². The Morgan fingerprint density at radius 1 is 1.40 bits per heavy atom. The first-order valence-electron chi connectivity index (χ1n) is 6.98. The maximum atomic E-state index is 13.5. The van der Waals surface area contributed by atoms with Gasteiger partial charge in [-0.3, -0.25) is 4.79 Å². The molecule has 0 spiro atoms. The molecule has 2 fully saturated rings. The topological polar surface area (TPSA) is 46.3 Å². The largest absolute Gasteiger partial charge is 0.338 e. The molecule has 1 saturated carbocycles. The predicted octanol–water partition coefficient (Wildman–Crippen LogP) is 2.36. The zero-order chi connectivity index (χ0) is 14.3. The zero-order valence-corrected chi connectivity index (χ0v) is 12.3. The molecule has 1 aromatic carbocycles. The lowest BCUT2D eigenvalue weighted by Crippen LogP contribution is -2.33. The van der Waals surface area contributed by atoms with Crippen LogP contribution in [0.4, 0.5) is 4.39 Å².